The lowest BCUT2D eigenvalue weighted by atomic mass is 10.0. The minimum Gasteiger partial charge on any atom is -0.378 e. The maximum atomic E-state index is 5.71. The number of benzene rings is 1. The summed E-state index contributed by atoms with van der Waals surface area (Å²) in [7, 11) is 0. The number of hydrogen-bond donors (Lipinski definition) is 1. The van der Waals surface area contributed by atoms with Crippen LogP contribution in [0.5, 0.6) is 0 Å². The highest BCUT2D eigenvalue weighted by Crippen LogP contribution is 2.32. The predicted octanol–water partition coefficient (Wildman–Crippen LogP) is 2.41. The van der Waals surface area contributed by atoms with Gasteiger partial charge in [0.25, 0.3) is 0 Å². The third-order valence-electron chi connectivity index (χ3n) is 4.10. The first-order valence-corrected chi connectivity index (χ1v) is 7.05. The van der Waals surface area contributed by atoms with Gasteiger partial charge in [0.15, 0.2) is 0 Å². The van der Waals surface area contributed by atoms with E-state index in [1.165, 1.54) is 5.52 Å². The molecule has 19 heavy (non-hydrogen) atoms. The fourth-order valence-corrected chi connectivity index (χ4v) is 3.01. The van der Waals surface area contributed by atoms with Gasteiger partial charge in [-0.25, -0.2) is 4.98 Å². The molecule has 0 amide bonds. The molecule has 3 rings (SSSR count). The summed E-state index contributed by atoms with van der Waals surface area (Å²) < 4.78 is 8.00. The fraction of sp³-hybridized carbons (Fsp3) is 0.533. The Labute approximate surface area is 113 Å². The molecule has 4 nitrogen and oxygen atoms in total. The van der Waals surface area contributed by atoms with Crippen molar-refractivity contribution < 1.29 is 4.74 Å². The largest absolute Gasteiger partial charge is 0.378 e. The number of nitrogens with zero attached hydrogens (tertiary/aromatic N) is 2. The van der Waals surface area contributed by atoms with E-state index in [0.717, 1.165) is 36.5 Å². The molecule has 0 bridgehead atoms. The zero-order valence-electron chi connectivity index (χ0n) is 11.6. The average molecular weight is 259 g/mol. The monoisotopic (exact) mass is 259 g/mol. The van der Waals surface area contributed by atoms with Crippen LogP contribution in [0.1, 0.15) is 37.6 Å². The quantitative estimate of drug-likeness (QED) is 0.921. The highest BCUT2D eigenvalue weighted by atomic mass is 16.5. The third kappa shape index (κ3) is 2.05. The summed E-state index contributed by atoms with van der Waals surface area (Å²) >= 11 is 0. The Balaban J connectivity index is 2.13. The van der Waals surface area contributed by atoms with Crippen LogP contribution in [0.3, 0.4) is 0 Å². The molecule has 0 aliphatic carbocycles. The number of aryl methyl sites for hydroxylation is 1. The normalized spacial score (nSPS) is 23.3. The molecule has 0 radical (unpaired) electrons. The number of imidazole rings is 1. The van der Waals surface area contributed by atoms with Crippen molar-refractivity contribution in [2.45, 2.75) is 45.4 Å². The number of aromatic nitrogens is 2. The second-order valence-electron chi connectivity index (χ2n) is 5.21. The van der Waals surface area contributed by atoms with Gasteiger partial charge in [0, 0.05) is 25.6 Å². The van der Waals surface area contributed by atoms with E-state index in [1.807, 2.05) is 0 Å². The topological polar surface area (TPSA) is 53.1 Å². The molecular weight excluding hydrogens is 238 g/mol. The summed E-state index contributed by atoms with van der Waals surface area (Å²) in [5.74, 6) is 1.57. The molecule has 2 heterocycles. The lowest BCUT2D eigenvalue weighted by Gasteiger charge is -2.15. The van der Waals surface area contributed by atoms with Crippen molar-refractivity contribution in [2.24, 2.45) is 5.73 Å². The molecular formula is C15H21N3O. The van der Waals surface area contributed by atoms with E-state index in [9.17, 15) is 0 Å². The minimum absolute atomic E-state index is 0.260. The second kappa shape index (κ2) is 4.94. The van der Waals surface area contributed by atoms with Gasteiger partial charge in [-0.3, -0.25) is 0 Å². The van der Waals surface area contributed by atoms with Gasteiger partial charge < -0.3 is 15.0 Å². The van der Waals surface area contributed by atoms with Crippen molar-refractivity contribution in [3.05, 3.63) is 29.6 Å². The highest BCUT2D eigenvalue weighted by molar-refractivity contribution is 5.77. The standard InChI is InChI=1S/C15H21N3O/c1-3-18-14-5-4-11(9-16)8-13(14)17-15(18)12-6-7-19-10(12)2/h4-5,8,10,12H,3,6-7,9,16H2,1-2H3. The summed E-state index contributed by atoms with van der Waals surface area (Å²) in [6, 6.07) is 6.33. The number of fused-ring (bicyclic) bond motifs is 1. The number of hydrogen-bond acceptors (Lipinski definition) is 3. The molecule has 0 spiro atoms. The predicted molar refractivity (Wildman–Crippen MR) is 76.1 cm³/mol. The first-order valence-electron chi connectivity index (χ1n) is 7.05. The van der Waals surface area contributed by atoms with E-state index in [4.69, 9.17) is 15.5 Å². The van der Waals surface area contributed by atoms with Crippen LogP contribution >= 0.6 is 0 Å². The van der Waals surface area contributed by atoms with Gasteiger partial charge in [-0.15, -0.1) is 0 Å². The third-order valence-corrected chi connectivity index (χ3v) is 4.10. The van der Waals surface area contributed by atoms with Crippen molar-refractivity contribution in [1.29, 1.82) is 0 Å². The summed E-state index contributed by atoms with van der Waals surface area (Å²) in [4.78, 5) is 4.85. The molecule has 1 saturated heterocycles. The molecule has 1 fully saturated rings. The molecule has 2 atom stereocenters. The highest BCUT2D eigenvalue weighted by Gasteiger charge is 2.30. The maximum Gasteiger partial charge on any atom is 0.115 e. The van der Waals surface area contributed by atoms with Crippen molar-refractivity contribution in [3.8, 4) is 0 Å². The Morgan fingerprint density at radius 1 is 1.47 bits per heavy atom. The van der Waals surface area contributed by atoms with E-state index >= 15 is 0 Å². The number of rotatable bonds is 3. The van der Waals surface area contributed by atoms with E-state index in [1.54, 1.807) is 0 Å². The maximum absolute atomic E-state index is 5.71. The SMILES string of the molecule is CCn1c(C2CCOC2C)nc2cc(CN)ccc21. The molecule has 2 aromatic rings. The lowest BCUT2D eigenvalue weighted by Crippen LogP contribution is -2.15. The van der Waals surface area contributed by atoms with Crippen LogP contribution in [0.4, 0.5) is 0 Å². The summed E-state index contributed by atoms with van der Waals surface area (Å²) in [6.45, 7) is 6.65. The van der Waals surface area contributed by atoms with Crippen LogP contribution < -0.4 is 5.73 Å². The zero-order valence-corrected chi connectivity index (χ0v) is 11.6. The van der Waals surface area contributed by atoms with Crippen LogP contribution in [0.25, 0.3) is 11.0 Å². The van der Waals surface area contributed by atoms with E-state index in [0.29, 0.717) is 12.5 Å². The molecule has 0 saturated carbocycles. The van der Waals surface area contributed by atoms with Crippen LogP contribution in [-0.4, -0.2) is 22.3 Å². The smallest absolute Gasteiger partial charge is 0.115 e. The van der Waals surface area contributed by atoms with Crippen molar-refractivity contribution in [1.82, 2.24) is 9.55 Å². The molecule has 2 N–H and O–H groups in total. The number of nitrogens with two attached hydrogens (primary N) is 1. The van der Waals surface area contributed by atoms with Gasteiger partial charge in [0.1, 0.15) is 5.82 Å². The van der Waals surface area contributed by atoms with Crippen molar-refractivity contribution >= 4 is 11.0 Å². The van der Waals surface area contributed by atoms with Crippen LogP contribution in [-0.2, 0) is 17.8 Å². The zero-order chi connectivity index (χ0) is 13.4. The van der Waals surface area contributed by atoms with Gasteiger partial charge in [-0.1, -0.05) is 6.07 Å². The van der Waals surface area contributed by atoms with Crippen LogP contribution in [0.2, 0.25) is 0 Å². The van der Waals surface area contributed by atoms with Gasteiger partial charge in [0.2, 0.25) is 0 Å². The van der Waals surface area contributed by atoms with E-state index in [-0.39, 0.29) is 6.10 Å². The van der Waals surface area contributed by atoms with Crippen molar-refractivity contribution in [2.75, 3.05) is 6.61 Å². The molecule has 4 heteroatoms. The van der Waals surface area contributed by atoms with Crippen LogP contribution in [0.15, 0.2) is 18.2 Å². The Bertz CT molecular complexity index is 590. The molecule has 102 valence electrons. The Morgan fingerprint density at radius 2 is 2.32 bits per heavy atom. The minimum atomic E-state index is 0.260. The lowest BCUT2D eigenvalue weighted by molar-refractivity contribution is 0.117. The molecule has 1 aromatic heterocycles. The molecule has 2 unspecified atom stereocenters. The Hall–Kier alpha value is -1.39. The van der Waals surface area contributed by atoms with E-state index < -0.39 is 0 Å². The van der Waals surface area contributed by atoms with Gasteiger partial charge in [-0.05, 0) is 38.0 Å². The van der Waals surface area contributed by atoms with Gasteiger partial charge in [-0.2, -0.15) is 0 Å². The average Bonchev–Trinajstić information content (AvgIpc) is 3.00. The van der Waals surface area contributed by atoms with Crippen LogP contribution in [0, 0.1) is 0 Å². The number of ether oxygens (including phenoxy) is 1. The summed E-state index contributed by atoms with van der Waals surface area (Å²) in [6.07, 6.45) is 1.32. The second-order valence-corrected chi connectivity index (χ2v) is 5.21. The summed E-state index contributed by atoms with van der Waals surface area (Å²) in [5, 5.41) is 0. The molecule has 1 aliphatic rings. The fourth-order valence-electron chi connectivity index (χ4n) is 3.01. The van der Waals surface area contributed by atoms with Gasteiger partial charge in [0.05, 0.1) is 17.1 Å². The molecule has 1 aromatic carbocycles. The van der Waals surface area contributed by atoms with E-state index in [2.05, 4.69) is 36.6 Å². The van der Waals surface area contributed by atoms with Crippen molar-refractivity contribution in [3.63, 3.8) is 0 Å². The first-order chi connectivity index (χ1) is 9.24. The Kier molecular flexibility index (Phi) is 3.29. The Morgan fingerprint density at radius 3 is 2.95 bits per heavy atom. The summed E-state index contributed by atoms with van der Waals surface area (Å²) in [5.41, 5.74) is 9.10. The van der Waals surface area contributed by atoms with Gasteiger partial charge >= 0.3 is 0 Å². The first kappa shape index (κ1) is 12.6. The molecule has 1 aliphatic heterocycles.